The fraction of sp³-hybridized carbons (Fsp3) is 0.769. The summed E-state index contributed by atoms with van der Waals surface area (Å²) in [5.74, 6) is 0.250. The van der Waals surface area contributed by atoms with Crippen molar-refractivity contribution in [3.8, 4) is 0 Å². The van der Waals surface area contributed by atoms with Crippen LogP contribution in [0.25, 0.3) is 0 Å². The van der Waals surface area contributed by atoms with Gasteiger partial charge in [0.1, 0.15) is 6.10 Å². The van der Waals surface area contributed by atoms with Crippen LogP contribution >= 0.6 is 0 Å². The predicted molar refractivity (Wildman–Crippen MR) is 61.6 cm³/mol. The van der Waals surface area contributed by atoms with Gasteiger partial charge < -0.3 is 4.74 Å². The molecular formula is C13H22O2. The van der Waals surface area contributed by atoms with Gasteiger partial charge in [-0.25, -0.2) is 0 Å². The van der Waals surface area contributed by atoms with E-state index in [1.54, 1.807) is 6.26 Å². The summed E-state index contributed by atoms with van der Waals surface area (Å²) in [5, 5.41) is 0. The number of hydrogen-bond acceptors (Lipinski definition) is 2. The van der Waals surface area contributed by atoms with Gasteiger partial charge in [-0.3, -0.25) is 4.79 Å². The Labute approximate surface area is 92.7 Å². The van der Waals surface area contributed by atoms with E-state index in [1.807, 2.05) is 6.92 Å². The second-order valence-corrected chi connectivity index (χ2v) is 4.39. The second kappa shape index (κ2) is 6.65. The quantitative estimate of drug-likeness (QED) is 0.626. The van der Waals surface area contributed by atoms with Gasteiger partial charge in [-0.2, -0.15) is 0 Å². The summed E-state index contributed by atoms with van der Waals surface area (Å²) in [6, 6.07) is 0. The first-order valence-electron chi connectivity index (χ1n) is 6.09. The van der Waals surface area contributed by atoms with Gasteiger partial charge in [0.25, 0.3) is 0 Å². The standard InChI is InChI=1S/C13H22O2/c1-3-4-5-6-7-8-12-9-13(14)11(2)10-15-12/h10,12H,3-9H2,1-2H3/t12-/m1/s1. The molecular weight excluding hydrogens is 188 g/mol. The SMILES string of the molecule is CCCCCCC[C@@H]1CC(=O)C(C)=CO1. The van der Waals surface area contributed by atoms with E-state index in [0.29, 0.717) is 6.42 Å². The maximum Gasteiger partial charge on any atom is 0.165 e. The number of Topliss-reactive ketones (excluding diaryl/α,β-unsaturated/α-hetero) is 1. The van der Waals surface area contributed by atoms with Crippen molar-refractivity contribution in [2.24, 2.45) is 0 Å². The number of carbonyl (C=O) groups is 1. The molecule has 0 fully saturated rings. The smallest absolute Gasteiger partial charge is 0.165 e. The van der Waals surface area contributed by atoms with Crippen LogP contribution in [0.4, 0.5) is 0 Å². The highest BCUT2D eigenvalue weighted by Gasteiger charge is 2.19. The normalized spacial score (nSPS) is 21.1. The van der Waals surface area contributed by atoms with Gasteiger partial charge in [0.15, 0.2) is 5.78 Å². The van der Waals surface area contributed by atoms with Crippen LogP contribution in [0.2, 0.25) is 0 Å². The molecule has 0 aromatic heterocycles. The molecule has 1 aliphatic heterocycles. The molecule has 86 valence electrons. The third-order valence-corrected chi connectivity index (χ3v) is 2.92. The van der Waals surface area contributed by atoms with E-state index in [0.717, 1.165) is 12.0 Å². The maximum absolute atomic E-state index is 11.4. The summed E-state index contributed by atoms with van der Waals surface area (Å²) in [5.41, 5.74) is 0.761. The minimum Gasteiger partial charge on any atom is -0.497 e. The van der Waals surface area contributed by atoms with Gasteiger partial charge >= 0.3 is 0 Å². The first kappa shape index (κ1) is 12.3. The van der Waals surface area contributed by atoms with Crippen LogP contribution < -0.4 is 0 Å². The van der Waals surface area contributed by atoms with Gasteiger partial charge in [-0.15, -0.1) is 0 Å². The molecule has 0 N–H and O–H groups in total. The molecule has 1 rings (SSSR count). The molecule has 1 heterocycles. The van der Waals surface area contributed by atoms with Crippen LogP contribution in [0.3, 0.4) is 0 Å². The topological polar surface area (TPSA) is 26.3 Å². The van der Waals surface area contributed by atoms with Crippen LogP contribution in [-0.2, 0) is 9.53 Å². The Kier molecular flexibility index (Phi) is 5.44. The zero-order valence-electron chi connectivity index (χ0n) is 9.92. The Morgan fingerprint density at radius 3 is 2.73 bits per heavy atom. The van der Waals surface area contributed by atoms with Crippen molar-refractivity contribution in [1.29, 1.82) is 0 Å². The molecule has 2 heteroatoms. The Hall–Kier alpha value is -0.790. The fourth-order valence-corrected chi connectivity index (χ4v) is 1.83. The Morgan fingerprint density at radius 2 is 2.07 bits per heavy atom. The van der Waals surface area contributed by atoms with E-state index >= 15 is 0 Å². The number of hydrogen-bond donors (Lipinski definition) is 0. The van der Waals surface area contributed by atoms with Crippen LogP contribution in [0, 0.1) is 0 Å². The number of allylic oxidation sites excluding steroid dienone is 1. The molecule has 0 amide bonds. The summed E-state index contributed by atoms with van der Waals surface area (Å²) in [4.78, 5) is 11.4. The van der Waals surface area contributed by atoms with Crippen molar-refractivity contribution in [2.75, 3.05) is 0 Å². The average molecular weight is 210 g/mol. The van der Waals surface area contributed by atoms with Crippen LogP contribution in [-0.4, -0.2) is 11.9 Å². The predicted octanol–water partition coefficient (Wildman–Crippen LogP) is 3.61. The molecule has 2 nitrogen and oxygen atoms in total. The molecule has 0 radical (unpaired) electrons. The lowest BCUT2D eigenvalue weighted by Crippen LogP contribution is -2.21. The van der Waals surface area contributed by atoms with E-state index in [2.05, 4.69) is 6.92 Å². The van der Waals surface area contributed by atoms with Crippen molar-refractivity contribution in [3.63, 3.8) is 0 Å². The molecule has 0 aliphatic carbocycles. The van der Waals surface area contributed by atoms with Gasteiger partial charge in [-0.05, 0) is 19.8 Å². The zero-order valence-corrected chi connectivity index (χ0v) is 9.92. The Bertz CT molecular complexity index is 231. The lowest BCUT2D eigenvalue weighted by atomic mass is 10.0. The lowest BCUT2D eigenvalue weighted by Gasteiger charge is -2.20. The summed E-state index contributed by atoms with van der Waals surface area (Å²) < 4.78 is 5.48. The molecule has 0 saturated heterocycles. The van der Waals surface area contributed by atoms with Crippen molar-refractivity contribution >= 4 is 5.78 Å². The number of ether oxygens (including phenoxy) is 1. The molecule has 1 aliphatic rings. The summed E-state index contributed by atoms with van der Waals surface area (Å²) in [6.07, 6.45) is 9.74. The first-order valence-corrected chi connectivity index (χ1v) is 6.09. The van der Waals surface area contributed by atoms with Gasteiger partial charge in [-0.1, -0.05) is 32.6 Å². The molecule has 0 saturated carbocycles. The zero-order chi connectivity index (χ0) is 11.1. The third-order valence-electron chi connectivity index (χ3n) is 2.92. The van der Waals surface area contributed by atoms with Gasteiger partial charge in [0, 0.05) is 12.0 Å². The van der Waals surface area contributed by atoms with Crippen LogP contribution in [0.15, 0.2) is 11.8 Å². The summed E-state index contributed by atoms with van der Waals surface area (Å²) >= 11 is 0. The van der Waals surface area contributed by atoms with E-state index in [-0.39, 0.29) is 11.9 Å². The van der Waals surface area contributed by atoms with Crippen molar-refractivity contribution < 1.29 is 9.53 Å². The third kappa shape index (κ3) is 4.50. The van der Waals surface area contributed by atoms with Crippen molar-refractivity contribution in [1.82, 2.24) is 0 Å². The Morgan fingerprint density at radius 1 is 1.33 bits per heavy atom. The lowest BCUT2D eigenvalue weighted by molar-refractivity contribution is -0.119. The number of ketones is 1. The summed E-state index contributed by atoms with van der Waals surface area (Å²) in [6.45, 7) is 4.04. The van der Waals surface area contributed by atoms with E-state index in [9.17, 15) is 4.79 Å². The fourth-order valence-electron chi connectivity index (χ4n) is 1.83. The Balaban J connectivity index is 2.10. The summed E-state index contributed by atoms with van der Waals surface area (Å²) in [7, 11) is 0. The van der Waals surface area contributed by atoms with E-state index in [4.69, 9.17) is 4.74 Å². The first-order chi connectivity index (χ1) is 7.24. The number of carbonyl (C=O) groups excluding carboxylic acids is 1. The number of rotatable bonds is 6. The van der Waals surface area contributed by atoms with E-state index in [1.165, 1.54) is 32.1 Å². The average Bonchev–Trinajstić information content (AvgIpc) is 2.23. The van der Waals surface area contributed by atoms with Crippen molar-refractivity contribution in [3.05, 3.63) is 11.8 Å². The molecule has 0 unspecified atom stereocenters. The van der Waals surface area contributed by atoms with Gasteiger partial charge in [0.05, 0.1) is 6.26 Å². The maximum atomic E-state index is 11.4. The largest absolute Gasteiger partial charge is 0.497 e. The highest BCUT2D eigenvalue weighted by molar-refractivity contribution is 5.95. The van der Waals surface area contributed by atoms with Gasteiger partial charge in [0.2, 0.25) is 0 Å². The van der Waals surface area contributed by atoms with Crippen LogP contribution in [0.1, 0.15) is 58.8 Å². The molecule has 15 heavy (non-hydrogen) atoms. The van der Waals surface area contributed by atoms with Crippen molar-refractivity contribution in [2.45, 2.75) is 64.9 Å². The van der Waals surface area contributed by atoms with Crippen LogP contribution in [0.5, 0.6) is 0 Å². The molecule has 0 aromatic carbocycles. The second-order valence-electron chi connectivity index (χ2n) is 4.39. The van der Waals surface area contributed by atoms with E-state index < -0.39 is 0 Å². The minimum absolute atomic E-state index is 0.142. The number of unbranched alkanes of at least 4 members (excludes halogenated alkanes) is 4. The molecule has 1 atom stereocenters. The monoisotopic (exact) mass is 210 g/mol. The highest BCUT2D eigenvalue weighted by Crippen LogP contribution is 2.18. The molecule has 0 spiro atoms. The molecule has 0 aromatic rings. The minimum atomic E-state index is 0.142. The molecule has 0 bridgehead atoms. The highest BCUT2D eigenvalue weighted by atomic mass is 16.5.